The number of carbonyl (C=O) groups excluding carboxylic acids is 3. The molecule has 1 saturated heterocycles. The quantitative estimate of drug-likeness (QED) is 0.296. The molecule has 3 aromatic carbocycles. The van der Waals surface area contributed by atoms with Crippen molar-refractivity contribution in [2.75, 3.05) is 11.9 Å². The van der Waals surface area contributed by atoms with Gasteiger partial charge in [0.2, 0.25) is 5.91 Å². The summed E-state index contributed by atoms with van der Waals surface area (Å²) in [4.78, 5) is 39.2. The van der Waals surface area contributed by atoms with Crippen molar-refractivity contribution >= 4 is 67.4 Å². The number of fused-ring (bicyclic) bond motifs is 1. The molecule has 1 aliphatic heterocycles. The summed E-state index contributed by atoms with van der Waals surface area (Å²) in [6.45, 7) is 0.338. The number of nitrogens with one attached hydrogen (secondary N) is 1. The highest BCUT2D eigenvalue weighted by Gasteiger charge is 2.36. The van der Waals surface area contributed by atoms with Crippen LogP contribution in [-0.4, -0.2) is 33.1 Å². The molecular formula is C27H20BrN3O3S. The maximum absolute atomic E-state index is 13.0. The fourth-order valence-electron chi connectivity index (χ4n) is 3.95. The summed E-state index contributed by atoms with van der Waals surface area (Å²) in [7, 11) is 0. The first-order valence-electron chi connectivity index (χ1n) is 10.9. The van der Waals surface area contributed by atoms with Crippen LogP contribution in [0.2, 0.25) is 0 Å². The number of para-hydroxylation sites is 2. The first-order valence-corrected chi connectivity index (χ1v) is 12.5. The largest absolute Gasteiger partial charge is 0.342 e. The van der Waals surface area contributed by atoms with Crippen molar-refractivity contribution in [2.24, 2.45) is 0 Å². The fraction of sp³-hybridized carbons (Fsp3) is 0.0741. The molecule has 1 N–H and O–H groups in total. The molecule has 6 nitrogen and oxygen atoms in total. The molecule has 3 amide bonds. The van der Waals surface area contributed by atoms with Crippen LogP contribution in [0.5, 0.6) is 0 Å². The van der Waals surface area contributed by atoms with Gasteiger partial charge < -0.3 is 9.88 Å². The van der Waals surface area contributed by atoms with Gasteiger partial charge in [0, 0.05) is 39.4 Å². The first-order chi connectivity index (χ1) is 17.0. The molecule has 1 fully saturated rings. The Hall–Kier alpha value is -3.62. The molecule has 2 heterocycles. The van der Waals surface area contributed by atoms with E-state index in [0.717, 1.165) is 43.2 Å². The molecule has 5 rings (SSSR count). The molecule has 1 aromatic heterocycles. The Balaban J connectivity index is 1.38. The predicted octanol–water partition coefficient (Wildman–Crippen LogP) is 6.13. The van der Waals surface area contributed by atoms with Crippen molar-refractivity contribution in [3.8, 4) is 0 Å². The molecule has 4 aromatic rings. The van der Waals surface area contributed by atoms with Crippen molar-refractivity contribution in [1.29, 1.82) is 0 Å². The molecule has 0 saturated carbocycles. The standard InChI is InChI=1S/C27H20BrN3O3S/c28-20-12-10-18(11-13-20)15-30-16-19(22-8-4-5-9-23(22)30)14-24-26(33)31(27(34)35-24)17-25(32)29-21-6-2-1-3-7-21/h1-14,16H,15,17H2,(H,29,32)/b24-14-. The minimum absolute atomic E-state index is 0.300. The van der Waals surface area contributed by atoms with Gasteiger partial charge in [0.25, 0.3) is 11.1 Å². The van der Waals surface area contributed by atoms with Crippen LogP contribution in [0, 0.1) is 0 Å². The Morgan fingerprint density at radius 2 is 1.66 bits per heavy atom. The zero-order valence-electron chi connectivity index (χ0n) is 18.5. The highest BCUT2D eigenvalue weighted by atomic mass is 79.9. The number of rotatable bonds is 6. The van der Waals surface area contributed by atoms with Crippen LogP contribution < -0.4 is 5.32 Å². The normalized spacial score (nSPS) is 14.8. The molecule has 174 valence electrons. The summed E-state index contributed by atoms with van der Waals surface area (Å²) in [6, 6.07) is 25.0. The maximum Gasteiger partial charge on any atom is 0.294 e. The van der Waals surface area contributed by atoms with Crippen LogP contribution in [0.4, 0.5) is 10.5 Å². The summed E-state index contributed by atoms with van der Waals surface area (Å²) in [5, 5.41) is 3.24. The van der Waals surface area contributed by atoms with Gasteiger partial charge in [-0.1, -0.05) is 64.5 Å². The van der Waals surface area contributed by atoms with Gasteiger partial charge in [0.05, 0.1) is 4.91 Å². The van der Waals surface area contributed by atoms with E-state index in [1.807, 2.05) is 48.7 Å². The Bertz CT molecular complexity index is 1460. The van der Waals surface area contributed by atoms with Crippen LogP contribution in [0.3, 0.4) is 0 Å². The molecule has 8 heteroatoms. The Labute approximate surface area is 214 Å². The van der Waals surface area contributed by atoms with Gasteiger partial charge in [-0.25, -0.2) is 0 Å². The van der Waals surface area contributed by atoms with Gasteiger partial charge in [-0.2, -0.15) is 0 Å². The van der Waals surface area contributed by atoms with Crippen LogP contribution in [0.1, 0.15) is 11.1 Å². The Morgan fingerprint density at radius 3 is 2.43 bits per heavy atom. The van der Waals surface area contributed by atoms with E-state index in [1.165, 1.54) is 0 Å². The lowest BCUT2D eigenvalue weighted by Gasteiger charge is -2.12. The second-order valence-electron chi connectivity index (χ2n) is 8.04. The van der Waals surface area contributed by atoms with Crippen LogP contribution >= 0.6 is 27.7 Å². The van der Waals surface area contributed by atoms with E-state index in [4.69, 9.17) is 0 Å². The number of halogens is 1. The molecule has 0 atom stereocenters. The number of hydrogen-bond acceptors (Lipinski definition) is 4. The van der Waals surface area contributed by atoms with Crippen molar-refractivity contribution < 1.29 is 14.4 Å². The van der Waals surface area contributed by atoms with Gasteiger partial charge in [0.1, 0.15) is 6.54 Å². The third kappa shape index (κ3) is 5.08. The minimum atomic E-state index is -0.465. The summed E-state index contributed by atoms with van der Waals surface area (Å²) in [5.41, 5.74) is 3.63. The number of aromatic nitrogens is 1. The second-order valence-corrected chi connectivity index (χ2v) is 9.95. The first kappa shape index (κ1) is 23.1. The predicted molar refractivity (Wildman–Crippen MR) is 143 cm³/mol. The van der Waals surface area contributed by atoms with E-state index in [-0.39, 0.29) is 6.54 Å². The van der Waals surface area contributed by atoms with E-state index in [0.29, 0.717) is 17.1 Å². The van der Waals surface area contributed by atoms with Gasteiger partial charge in [0.15, 0.2) is 0 Å². The third-order valence-corrected chi connectivity index (χ3v) is 7.04. The van der Waals surface area contributed by atoms with Gasteiger partial charge >= 0.3 is 0 Å². The number of anilines is 1. The summed E-state index contributed by atoms with van der Waals surface area (Å²) < 4.78 is 3.15. The lowest BCUT2D eigenvalue weighted by Crippen LogP contribution is -2.36. The van der Waals surface area contributed by atoms with Crippen molar-refractivity contribution in [1.82, 2.24) is 9.47 Å². The zero-order chi connectivity index (χ0) is 24.4. The minimum Gasteiger partial charge on any atom is -0.342 e. The van der Waals surface area contributed by atoms with E-state index >= 15 is 0 Å². The summed E-state index contributed by atoms with van der Waals surface area (Å²) >= 11 is 4.32. The van der Waals surface area contributed by atoms with E-state index < -0.39 is 17.1 Å². The fourth-order valence-corrected chi connectivity index (χ4v) is 5.04. The molecular weight excluding hydrogens is 526 g/mol. The number of carbonyl (C=O) groups is 3. The van der Waals surface area contributed by atoms with Gasteiger partial charge in [-0.3, -0.25) is 19.3 Å². The highest BCUT2D eigenvalue weighted by molar-refractivity contribution is 9.10. The van der Waals surface area contributed by atoms with Gasteiger partial charge in [-0.15, -0.1) is 0 Å². The van der Waals surface area contributed by atoms with Crippen molar-refractivity contribution in [3.63, 3.8) is 0 Å². The number of imide groups is 1. The number of hydrogen-bond donors (Lipinski definition) is 1. The maximum atomic E-state index is 13.0. The SMILES string of the molecule is O=C(CN1C(=O)S/C(=C\c2cn(Cc3ccc(Br)cc3)c3ccccc23)C1=O)Nc1ccccc1. The average Bonchev–Trinajstić information content (AvgIpc) is 3.33. The number of amides is 3. The molecule has 0 radical (unpaired) electrons. The van der Waals surface area contributed by atoms with Gasteiger partial charge in [-0.05, 0) is 53.7 Å². The van der Waals surface area contributed by atoms with E-state index in [9.17, 15) is 14.4 Å². The Kier molecular flexibility index (Phi) is 6.57. The highest BCUT2D eigenvalue weighted by Crippen LogP contribution is 2.34. The molecule has 1 aliphatic rings. The molecule has 0 bridgehead atoms. The Morgan fingerprint density at radius 1 is 0.943 bits per heavy atom. The van der Waals surface area contributed by atoms with E-state index in [2.05, 4.69) is 37.9 Å². The average molecular weight is 546 g/mol. The lowest BCUT2D eigenvalue weighted by atomic mass is 10.1. The topological polar surface area (TPSA) is 71.4 Å². The van der Waals surface area contributed by atoms with Crippen molar-refractivity contribution in [3.05, 3.63) is 106 Å². The smallest absolute Gasteiger partial charge is 0.294 e. The van der Waals surface area contributed by atoms with Crippen molar-refractivity contribution in [2.45, 2.75) is 6.54 Å². The lowest BCUT2D eigenvalue weighted by molar-refractivity contribution is -0.127. The molecule has 35 heavy (non-hydrogen) atoms. The summed E-state index contributed by atoms with van der Waals surface area (Å²) in [6.07, 6.45) is 3.73. The van der Waals surface area contributed by atoms with Crippen LogP contribution in [0.15, 0.2) is 94.4 Å². The van der Waals surface area contributed by atoms with Crippen LogP contribution in [0.25, 0.3) is 17.0 Å². The third-order valence-electron chi connectivity index (χ3n) is 5.61. The van der Waals surface area contributed by atoms with E-state index in [1.54, 1.807) is 30.3 Å². The number of nitrogens with zero attached hydrogens (tertiary/aromatic N) is 2. The second kappa shape index (κ2) is 9.93. The zero-order valence-corrected chi connectivity index (χ0v) is 20.9. The van der Waals surface area contributed by atoms with Crippen LogP contribution in [-0.2, 0) is 16.1 Å². The molecule has 0 spiro atoms. The molecule has 0 aliphatic carbocycles. The number of thioether (sulfide) groups is 1. The summed E-state index contributed by atoms with van der Waals surface area (Å²) in [5.74, 6) is -0.890. The molecule has 0 unspecified atom stereocenters. The number of benzene rings is 3. The monoisotopic (exact) mass is 545 g/mol.